The maximum Gasteiger partial charge on any atom is 0.307 e. The topological polar surface area (TPSA) is 26.3 Å². The first kappa shape index (κ1) is 11.5. The monoisotopic (exact) mass is 276 g/mol. The molecule has 4 heteroatoms. The van der Waals surface area contributed by atoms with Crippen molar-refractivity contribution in [2.45, 2.75) is 11.8 Å². The molecular weight excluding hydrogens is 267 g/mol. The third-order valence-electron chi connectivity index (χ3n) is 1.78. The summed E-state index contributed by atoms with van der Waals surface area (Å²) >= 11 is 9.37. The Morgan fingerprint density at radius 1 is 1.64 bits per heavy atom. The number of alkyl halides is 1. The highest BCUT2D eigenvalue weighted by Crippen LogP contribution is 2.26. The van der Waals surface area contributed by atoms with Gasteiger partial charge in [0.25, 0.3) is 0 Å². The molecule has 2 nitrogen and oxygen atoms in total. The number of benzene rings is 1. The number of methoxy groups -OCH3 is 1. The highest BCUT2D eigenvalue weighted by Gasteiger charge is 2.13. The minimum absolute atomic E-state index is 0.189. The first-order valence-corrected chi connectivity index (χ1v) is 5.32. The molecule has 1 atom stereocenters. The SMILES string of the molecule is COC(=O)C[C@H](Cl)c1cccc(Br)c1. The second-order valence-electron chi connectivity index (χ2n) is 2.80. The number of halogens is 2. The molecule has 76 valence electrons. The fourth-order valence-electron chi connectivity index (χ4n) is 1.05. The molecular formula is C10H10BrClO2. The average molecular weight is 278 g/mol. The van der Waals surface area contributed by atoms with Crippen LogP contribution in [0.5, 0.6) is 0 Å². The van der Waals surface area contributed by atoms with Crippen LogP contribution < -0.4 is 0 Å². The molecule has 0 heterocycles. The Hall–Kier alpha value is -0.540. The second-order valence-corrected chi connectivity index (χ2v) is 4.25. The molecule has 0 bridgehead atoms. The fraction of sp³-hybridized carbons (Fsp3) is 0.300. The molecule has 1 aromatic rings. The molecule has 0 aromatic heterocycles. The molecule has 0 unspecified atom stereocenters. The van der Waals surface area contributed by atoms with Crippen molar-refractivity contribution in [3.8, 4) is 0 Å². The minimum atomic E-state index is -0.333. The largest absolute Gasteiger partial charge is 0.469 e. The van der Waals surface area contributed by atoms with Crippen molar-refractivity contribution in [2.24, 2.45) is 0 Å². The fourth-order valence-corrected chi connectivity index (χ4v) is 1.73. The Morgan fingerprint density at radius 3 is 2.93 bits per heavy atom. The molecule has 0 N–H and O–H groups in total. The van der Waals surface area contributed by atoms with Gasteiger partial charge in [0.2, 0.25) is 0 Å². The van der Waals surface area contributed by atoms with E-state index in [1.807, 2.05) is 24.3 Å². The summed E-state index contributed by atoms with van der Waals surface area (Å²) < 4.78 is 5.49. The van der Waals surface area contributed by atoms with Crippen LogP contribution in [-0.4, -0.2) is 13.1 Å². The molecule has 14 heavy (non-hydrogen) atoms. The molecule has 0 aliphatic carbocycles. The number of hydrogen-bond acceptors (Lipinski definition) is 2. The minimum Gasteiger partial charge on any atom is -0.469 e. The number of carbonyl (C=O) groups excluding carboxylic acids is 1. The Balaban J connectivity index is 2.69. The van der Waals surface area contributed by atoms with Gasteiger partial charge >= 0.3 is 5.97 Å². The van der Waals surface area contributed by atoms with Crippen LogP contribution in [0.25, 0.3) is 0 Å². The molecule has 0 saturated heterocycles. The molecule has 0 fully saturated rings. The maximum atomic E-state index is 11.0. The first-order valence-electron chi connectivity index (χ1n) is 4.10. The average Bonchev–Trinajstić information content (AvgIpc) is 2.17. The van der Waals surface area contributed by atoms with Gasteiger partial charge in [-0.15, -0.1) is 11.6 Å². The van der Waals surface area contributed by atoms with E-state index in [9.17, 15) is 4.79 Å². The molecule has 1 rings (SSSR count). The van der Waals surface area contributed by atoms with Crippen LogP contribution in [-0.2, 0) is 9.53 Å². The molecule has 0 amide bonds. The number of esters is 1. The van der Waals surface area contributed by atoms with Gasteiger partial charge in [0.15, 0.2) is 0 Å². The van der Waals surface area contributed by atoms with E-state index in [0.29, 0.717) is 0 Å². The predicted molar refractivity (Wildman–Crippen MR) is 59.4 cm³/mol. The third kappa shape index (κ3) is 3.31. The highest BCUT2D eigenvalue weighted by atomic mass is 79.9. The van der Waals surface area contributed by atoms with Crippen LogP contribution in [0.2, 0.25) is 0 Å². The van der Waals surface area contributed by atoms with Gasteiger partial charge in [-0.05, 0) is 17.7 Å². The van der Waals surface area contributed by atoms with E-state index < -0.39 is 0 Å². The number of ether oxygens (including phenoxy) is 1. The Labute approximate surface area is 96.3 Å². The van der Waals surface area contributed by atoms with Crippen LogP contribution in [0.4, 0.5) is 0 Å². The van der Waals surface area contributed by atoms with Crippen LogP contribution in [0.3, 0.4) is 0 Å². The second kappa shape index (κ2) is 5.37. The van der Waals surface area contributed by atoms with Crippen molar-refractivity contribution in [2.75, 3.05) is 7.11 Å². The molecule has 1 aromatic carbocycles. The summed E-state index contributed by atoms with van der Waals surface area (Å²) in [5, 5.41) is -0.333. The van der Waals surface area contributed by atoms with Crippen LogP contribution in [0.15, 0.2) is 28.7 Å². The van der Waals surface area contributed by atoms with Crippen molar-refractivity contribution in [1.82, 2.24) is 0 Å². The lowest BCUT2D eigenvalue weighted by Crippen LogP contribution is -2.04. The van der Waals surface area contributed by atoms with Gasteiger partial charge in [0.05, 0.1) is 18.9 Å². The quantitative estimate of drug-likeness (QED) is 0.626. The van der Waals surface area contributed by atoms with Gasteiger partial charge < -0.3 is 4.74 Å². The lowest BCUT2D eigenvalue weighted by Gasteiger charge is -2.08. The van der Waals surface area contributed by atoms with Crippen molar-refractivity contribution in [3.63, 3.8) is 0 Å². The zero-order chi connectivity index (χ0) is 10.6. The summed E-state index contributed by atoms with van der Waals surface area (Å²) in [5.74, 6) is -0.301. The normalized spacial score (nSPS) is 12.2. The van der Waals surface area contributed by atoms with Gasteiger partial charge in [0.1, 0.15) is 0 Å². The lowest BCUT2D eigenvalue weighted by atomic mass is 10.1. The Bertz CT molecular complexity index is 328. The zero-order valence-electron chi connectivity index (χ0n) is 7.67. The van der Waals surface area contributed by atoms with Crippen molar-refractivity contribution < 1.29 is 9.53 Å². The van der Waals surface area contributed by atoms with E-state index in [-0.39, 0.29) is 17.8 Å². The van der Waals surface area contributed by atoms with Gasteiger partial charge in [-0.2, -0.15) is 0 Å². The van der Waals surface area contributed by atoms with E-state index >= 15 is 0 Å². The molecule has 0 aliphatic heterocycles. The summed E-state index contributed by atoms with van der Waals surface area (Å²) in [4.78, 5) is 11.0. The van der Waals surface area contributed by atoms with E-state index in [2.05, 4.69) is 20.7 Å². The number of hydrogen-bond donors (Lipinski definition) is 0. The van der Waals surface area contributed by atoms with E-state index in [1.165, 1.54) is 7.11 Å². The van der Waals surface area contributed by atoms with Crippen LogP contribution in [0.1, 0.15) is 17.4 Å². The molecule has 0 aliphatic rings. The maximum absolute atomic E-state index is 11.0. The molecule has 0 saturated carbocycles. The van der Waals surface area contributed by atoms with Gasteiger partial charge in [-0.25, -0.2) is 0 Å². The van der Waals surface area contributed by atoms with Crippen LogP contribution >= 0.6 is 27.5 Å². The standard InChI is InChI=1S/C10H10BrClO2/c1-14-10(13)6-9(12)7-3-2-4-8(11)5-7/h2-5,9H,6H2,1H3/t9-/m0/s1. The summed E-state index contributed by atoms with van der Waals surface area (Å²) in [6, 6.07) is 7.56. The van der Waals surface area contributed by atoms with Gasteiger partial charge in [-0.3, -0.25) is 4.79 Å². The number of carbonyl (C=O) groups is 1. The Morgan fingerprint density at radius 2 is 2.36 bits per heavy atom. The van der Waals surface area contributed by atoms with Gasteiger partial charge in [-0.1, -0.05) is 28.1 Å². The molecule has 0 spiro atoms. The third-order valence-corrected chi connectivity index (χ3v) is 2.68. The lowest BCUT2D eigenvalue weighted by molar-refractivity contribution is -0.140. The van der Waals surface area contributed by atoms with Crippen molar-refractivity contribution in [3.05, 3.63) is 34.3 Å². The highest BCUT2D eigenvalue weighted by molar-refractivity contribution is 9.10. The first-order chi connectivity index (χ1) is 6.63. The predicted octanol–water partition coefficient (Wildman–Crippen LogP) is 3.29. The van der Waals surface area contributed by atoms with Crippen molar-refractivity contribution in [1.29, 1.82) is 0 Å². The summed E-state index contributed by atoms with van der Waals surface area (Å²) in [7, 11) is 1.35. The van der Waals surface area contributed by atoms with E-state index in [4.69, 9.17) is 11.6 Å². The summed E-state index contributed by atoms with van der Waals surface area (Å²) in [6.07, 6.45) is 0.189. The van der Waals surface area contributed by atoms with Crippen molar-refractivity contribution >= 4 is 33.5 Å². The zero-order valence-corrected chi connectivity index (χ0v) is 10.0. The Kier molecular flexibility index (Phi) is 4.42. The van der Waals surface area contributed by atoms with E-state index in [0.717, 1.165) is 10.0 Å². The summed E-state index contributed by atoms with van der Waals surface area (Å²) in [6.45, 7) is 0. The van der Waals surface area contributed by atoms with E-state index in [1.54, 1.807) is 0 Å². The number of rotatable bonds is 3. The summed E-state index contributed by atoms with van der Waals surface area (Å²) in [5.41, 5.74) is 0.909. The van der Waals surface area contributed by atoms with Crippen LogP contribution in [0, 0.1) is 0 Å². The smallest absolute Gasteiger partial charge is 0.307 e. The molecule has 0 radical (unpaired) electrons. The van der Waals surface area contributed by atoms with Gasteiger partial charge in [0, 0.05) is 4.47 Å².